The third kappa shape index (κ3) is 0.555. The predicted octanol–water partition coefficient (Wildman–Crippen LogP) is -0.133. The molecule has 1 atom stereocenters. The zero-order valence-corrected chi connectivity index (χ0v) is 5.58. The van der Waals surface area contributed by atoms with Crippen LogP contribution in [-0.2, 0) is 4.79 Å². The van der Waals surface area contributed by atoms with Gasteiger partial charge in [0.1, 0.15) is 0 Å². The second-order valence-electron chi connectivity index (χ2n) is 2.71. The Bertz CT molecular complexity index is 210. The summed E-state index contributed by atoms with van der Waals surface area (Å²) in [6, 6.07) is 0.384. The van der Waals surface area contributed by atoms with E-state index in [9.17, 15) is 4.79 Å². The average Bonchev–Trinajstić information content (AvgIpc) is 2.25. The lowest BCUT2D eigenvalue weighted by Crippen LogP contribution is -2.48. The Hall–Kier alpha value is -0.830. The number of fused-ring (bicyclic) bond motifs is 1. The molecule has 0 aromatic heterocycles. The molecule has 0 spiro atoms. The minimum Gasteiger partial charge on any atom is -0.390 e. The molecule has 10 heavy (non-hydrogen) atoms. The van der Waals surface area contributed by atoms with E-state index in [0.717, 1.165) is 12.1 Å². The summed E-state index contributed by atoms with van der Waals surface area (Å²) < 4.78 is 0. The molecule has 0 aliphatic carbocycles. The van der Waals surface area contributed by atoms with E-state index in [0.29, 0.717) is 12.5 Å². The van der Waals surface area contributed by atoms with Gasteiger partial charge in [0.15, 0.2) is 0 Å². The smallest absolute Gasteiger partial charge is 0.229 e. The van der Waals surface area contributed by atoms with E-state index < -0.39 is 0 Å². The van der Waals surface area contributed by atoms with Gasteiger partial charge in [-0.15, -0.1) is 0 Å². The summed E-state index contributed by atoms with van der Waals surface area (Å²) in [7, 11) is 0. The third-order valence-electron chi connectivity index (χ3n) is 2.14. The fourth-order valence-corrected chi connectivity index (χ4v) is 1.58. The van der Waals surface area contributed by atoms with Crippen LogP contribution >= 0.6 is 0 Å². The van der Waals surface area contributed by atoms with Gasteiger partial charge in [-0.25, -0.2) is 0 Å². The highest BCUT2D eigenvalue weighted by Gasteiger charge is 2.40. The number of hydrogen-bond acceptors (Lipinski definition) is 2. The van der Waals surface area contributed by atoms with Crippen molar-refractivity contribution in [2.75, 3.05) is 6.61 Å². The zero-order chi connectivity index (χ0) is 7.14. The summed E-state index contributed by atoms with van der Waals surface area (Å²) in [5, 5.41) is 8.74. The summed E-state index contributed by atoms with van der Waals surface area (Å²) in [4.78, 5) is 12.5. The maximum absolute atomic E-state index is 10.9. The van der Waals surface area contributed by atoms with Crippen molar-refractivity contribution >= 4 is 5.91 Å². The molecule has 0 aromatic rings. The number of aliphatic hydroxyl groups is 1. The van der Waals surface area contributed by atoms with E-state index in [1.54, 1.807) is 4.90 Å². The van der Waals surface area contributed by atoms with Crippen molar-refractivity contribution in [2.24, 2.45) is 0 Å². The molecule has 1 amide bonds. The second kappa shape index (κ2) is 1.83. The summed E-state index contributed by atoms with van der Waals surface area (Å²) in [6.07, 6.45) is 3.54. The molecule has 3 nitrogen and oxygen atoms in total. The Balaban J connectivity index is 2.17. The first-order valence-corrected chi connectivity index (χ1v) is 3.45. The number of carbonyl (C=O) groups excluding carboxylic acids is 1. The molecule has 54 valence electrons. The second-order valence-corrected chi connectivity index (χ2v) is 2.71. The average molecular weight is 139 g/mol. The molecular formula is C7H9NO2. The van der Waals surface area contributed by atoms with Crippen LogP contribution in [0.2, 0.25) is 0 Å². The van der Waals surface area contributed by atoms with Gasteiger partial charge in [-0.1, -0.05) is 6.08 Å². The van der Waals surface area contributed by atoms with E-state index in [1.165, 1.54) is 0 Å². The SMILES string of the molecule is O=C1C[C@H]2CC=C(CO)N12. The van der Waals surface area contributed by atoms with Crippen LogP contribution in [0.4, 0.5) is 0 Å². The maximum atomic E-state index is 10.9. The van der Waals surface area contributed by atoms with Crippen molar-refractivity contribution < 1.29 is 9.90 Å². The lowest BCUT2D eigenvalue weighted by molar-refractivity contribution is -0.141. The van der Waals surface area contributed by atoms with Crippen LogP contribution in [0.3, 0.4) is 0 Å². The number of aliphatic hydroxyl groups excluding tert-OH is 1. The lowest BCUT2D eigenvalue weighted by Gasteiger charge is -2.36. The number of rotatable bonds is 1. The minimum atomic E-state index is 0.00222. The van der Waals surface area contributed by atoms with Crippen molar-refractivity contribution in [1.29, 1.82) is 0 Å². The summed E-state index contributed by atoms with van der Waals surface area (Å²) in [5.41, 5.74) is 0.793. The Morgan fingerprint density at radius 3 is 3.10 bits per heavy atom. The van der Waals surface area contributed by atoms with Gasteiger partial charge in [-0.3, -0.25) is 4.79 Å². The van der Waals surface area contributed by atoms with Crippen molar-refractivity contribution in [3.05, 3.63) is 11.8 Å². The molecule has 0 unspecified atom stereocenters. The van der Waals surface area contributed by atoms with E-state index in [-0.39, 0.29) is 12.5 Å². The van der Waals surface area contributed by atoms with Crippen LogP contribution in [0.15, 0.2) is 11.8 Å². The summed E-state index contributed by atoms with van der Waals surface area (Å²) in [6.45, 7) is 0.00222. The number of β-lactam (4-membered cyclic amide) rings is 1. The van der Waals surface area contributed by atoms with E-state index in [2.05, 4.69) is 0 Å². The summed E-state index contributed by atoms with van der Waals surface area (Å²) >= 11 is 0. The standard InChI is InChI=1S/C7H9NO2/c9-4-6-2-1-5-3-7(10)8(5)6/h2,5,9H,1,3-4H2/t5-/m1/s1. The fourth-order valence-electron chi connectivity index (χ4n) is 1.58. The van der Waals surface area contributed by atoms with E-state index >= 15 is 0 Å². The minimum absolute atomic E-state index is 0.00222. The molecule has 1 saturated heterocycles. The Labute approximate surface area is 58.9 Å². The number of hydrogen-bond donors (Lipinski definition) is 1. The van der Waals surface area contributed by atoms with Crippen molar-refractivity contribution in [1.82, 2.24) is 4.90 Å². The first-order valence-electron chi connectivity index (χ1n) is 3.45. The maximum Gasteiger partial charge on any atom is 0.229 e. The topological polar surface area (TPSA) is 40.5 Å². The van der Waals surface area contributed by atoms with E-state index in [1.807, 2.05) is 6.08 Å². The monoisotopic (exact) mass is 139 g/mol. The van der Waals surface area contributed by atoms with Gasteiger partial charge in [0.25, 0.3) is 0 Å². The van der Waals surface area contributed by atoms with Crippen LogP contribution in [0.5, 0.6) is 0 Å². The Morgan fingerprint density at radius 2 is 2.60 bits per heavy atom. The summed E-state index contributed by atoms with van der Waals surface area (Å²) in [5.74, 6) is 0.155. The largest absolute Gasteiger partial charge is 0.390 e. The molecule has 2 aliphatic rings. The van der Waals surface area contributed by atoms with Gasteiger partial charge >= 0.3 is 0 Å². The fraction of sp³-hybridized carbons (Fsp3) is 0.571. The van der Waals surface area contributed by atoms with Gasteiger partial charge < -0.3 is 10.0 Å². The molecule has 2 aliphatic heterocycles. The molecular weight excluding hydrogens is 130 g/mol. The highest BCUT2D eigenvalue weighted by molar-refractivity contribution is 5.85. The Kier molecular flexibility index (Phi) is 1.08. The zero-order valence-electron chi connectivity index (χ0n) is 5.58. The first-order chi connectivity index (χ1) is 4.83. The molecule has 0 saturated carbocycles. The molecule has 1 N–H and O–H groups in total. The van der Waals surface area contributed by atoms with Crippen LogP contribution in [-0.4, -0.2) is 28.6 Å². The molecule has 0 bridgehead atoms. The number of nitrogens with zero attached hydrogens (tertiary/aromatic N) is 1. The van der Waals surface area contributed by atoms with Crippen LogP contribution in [0, 0.1) is 0 Å². The van der Waals surface area contributed by atoms with Gasteiger partial charge in [-0.05, 0) is 6.42 Å². The highest BCUT2D eigenvalue weighted by atomic mass is 16.3. The van der Waals surface area contributed by atoms with Crippen molar-refractivity contribution in [3.63, 3.8) is 0 Å². The molecule has 0 aromatic carbocycles. The Morgan fingerprint density at radius 1 is 1.80 bits per heavy atom. The molecule has 0 radical (unpaired) electrons. The van der Waals surface area contributed by atoms with Crippen LogP contribution in [0.25, 0.3) is 0 Å². The molecule has 2 heterocycles. The van der Waals surface area contributed by atoms with E-state index in [4.69, 9.17) is 5.11 Å². The van der Waals surface area contributed by atoms with Gasteiger partial charge in [0.05, 0.1) is 6.61 Å². The first kappa shape index (κ1) is 5.92. The van der Waals surface area contributed by atoms with Gasteiger partial charge in [-0.2, -0.15) is 0 Å². The van der Waals surface area contributed by atoms with Crippen LogP contribution in [0.1, 0.15) is 12.8 Å². The highest BCUT2D eigenvalue weighted by Crippen LogP contribution is 2.32. The molecule has 3 heteroatoms. The normalized spacial score (nSPS) is 29.7. The van der Waals surface area contributed by atoms with Gasteiger partial charge in [0, 0.05) is 18.2 Å². The molecule has 1 fully saturated rings. The quantitative estimate of drug-likeness (QED) is 0.514. The van der Waals surface area contributed by atoms with Gasteiger partial charge in [0.2, 0.25) is 5.91 Å². The lowest BCUT2D eigenvalue weighted by atomic mass is 10.0. The van der Waals surface area contributed by atoms with Crippen molar-refractivity contribution in [3.8, 4) is 0 Å². The molecule has 2 rings (SSSR count). The third-order valence-corrected chi connectivity index (χ3v) is 2.14. The number of amides is 1. The van der Waals surface area contributed by atoms with Crippen molar-refractivity contribution in [2.45, 2.75) is 18.9 Å². The predicted molar refractivity (Wildman–Crippen MR) is 35.0 cm³/mol. The number of carbonyl (C=O) groups is 1. The van der Waals surface area contributed by atoms with Crippen LogP contribution < -0.4 is 0 Å².